The van der Waals surface area contributed by atoms with Crippen molar-refractivity contribution in [3.8, 4) is 12.3 Å². The molecule has 154 valence electrons. The highest BCUT2D eigenvalue weighted by Crippen LogP contribution is 2.33. The van der Waals surface area contributed by atoms with E-state index in [-0.39, 0.29) is 5.91 Å². The molecule has 0 spiro atoms. The lowest BCUT2D eigenvalue weighted by atomic mass is 9.95. The molecule has 4 heteroatoms. The third-order valence-corrected chi connectivity index (χ3v) is 6.21. The number of nitrogens with zero attached hydrogens (tertiary/aromatic N) is 2. The van der Waals surface area contributed by atoms with Gasteiger partial charge in [-0.3, -0.25) is 9.80 Å². The van der Waals surface area contributed by atoms with Crippen molar-refractivity contribution in [2.24, 2.45) is 0 Å². The summed E-state index contributed by atoms with van der Waals surface area (Å²) >= 11 is 0. The summed E-state index contributed by atoms with van der Waals surface area (Å²) in [5, 5.41) is 7.31. The van der Waals surface area contributed by atoms with Crippen LogP contribution < -0.4 is 5.32 Å². The maximum absolute atomic E-state index is 13.2. The van der Waals surface area contributed by atoms with Crippen molar-refractivity contribution in [1.29, 1.82) is 0 Å². The highest BCUT2D eigenvalue weighted by molar-refractivity contribution is 6.00. The first-order chi connectivity index (χ1) is 14.0. The summed E-state index contributed by atoms with van der Waals surface area (Å²) in [5.41, 5.74) is 6.27. The molecule has 0 atom stereocenters. The fraction of sp³-hybridized carbons (Fsp3) is 0.480. The van der Waals surface area contributed by atoms with Gasteiger partial charge in [0.15, 0.2) is 0 Å². The van der Waals surface area contributed by atoms with Crippen LogP contribution in [0.5, 0.6) is 0 Å². The first kappa shape index (κ1) is 21.2. The third kappa shape index (κ3) is 4.57. The van der Waals surface area contributed by atoms with Gasteiger partial charge in [-0.05, 0) is 61.1 Å². The highest BCUT2D eigenvalue weighted by atomic mass is 16.2. The Kier molecular flexibility index (Phi) is 6.82. The number of hydrazine groups is 1. The van der Waals surface area contributed by atoms with E-state index in [1.807, 2.05) is 25.9 Å². The van der Waals surface area contributed by atoms with Crippen molar-refractivity contribution in [2.75, 3.05) is 14.1 Å². The van der Waals surface area contributed by atoms with E-state index in [0.717, 1.165) is 33.5 Å². The monoisotopic (exact) mass is 391 g/mol. The van der Waals surface area contributed by atoms with Gasteiger partial charge in [-0.25, -0.2) is 5.01 Å². The Bertz CT molecular complexity index is 869. The van der Waals surface area contributed by atoms with Gasteiger partial charge >= 0.3 is 0 Å². The summed E-state index contributed by atoms with van der Waals surface area (Å²) in [4.78, 5) is 13.2. The van der Waals surface area contributed by atoms with Gasteiger partial charge in [-0.15, -0.1) is 12.3 Å². The first-order valence-electron chi connectivity index (χ1n) is 10.6. The fourth-order valence-corrected chi connectivity index (χ4v) is 4.46. The number of allylic oxidation sites excluding steroid dienone is 4. The minimum Gasteiger partial charge on any atom is -0.392 e. The van der Waals surface area contributed by atoms with Crippen LogP contribution in [0.3, 0.4) is 0 Å². The Morgan fingerprint density at radius 2 is 2.07 bits per heavy atom. The number of nitrogens with one attached hydrogen (secondary N) is 1. The Labute approximate surface area is 175 Å². The zero-order valence-electron chi connectivity index (χ0n) is 18.2. The predicted molar refractivity (Wildman–Crippen MR) is 120 cm³/mol. The molecule has 1 aliphatic heterocycles. The van der Waals surface area contributed by atoms with E-state index in [1.165, 1.54) is 32.1 Å². The van der Waals surface area contributed by atoms with E-state index in [2.05, 4.69) is 47.6 Å². The van der Waals surface area contributed by atoms with Crippen molar-refractivity contribution in [3.63, 3.8) is 0 Å². The summed E-state index contributed by atoms with van der Waals surface area (Å²) in [5.74, 6) is 2.83. The molecule has 1 aromatic carbocycles. The molecule has 1 aliphatic carbocycles. The molecule has 1 amide bonds. The van der Waals surface area contributed by atoms with E-state index in [4.69, 9.17) is 6.42 Å². The van der Waals surface area contributed by atoms with Crippen LogP contribution in [0.25, 0.3) is 5.57 Å². The molecule has 29 heavy (non-hydrogen) atoms. The van der Waals surface area contributed by atoms with Crippen LogP contribution in [0.4, 0.5) is 0 Å². The summed E-state index contributed by atoms with van der Waals surface area (Å²) in [6.45, 7) is 4.72. The molecule has 4 nitrogen and oxygen atoms in total. The smallest absolute Gasteiger partial charge is 0.269 e. The van der Waals surface area contributed by atoms with E-state index in [0.29, 0.717) is 19.0 Å². The van der Waals surface area contributed by atoms with Crippen LogP contribution in [0, 0.1) is 19.3 Å². The molecule has 3 rings (SSSR count). The van der Waals surface area contributed by atoms with Crippen LogP contribution in [0.15, 0.2) is 30.0 Å². The number of hydrogen-bond acceptors (Lipinski definition) is 3. The predicted octanol–water partition coefficient (Wildman–Crippen LogP) is 4.66. The minimum absolute atomic E-state index is 0.133. The Morgan fingerprint density at radius 1 is 1.34 bits per heavy atom. The molecule has 0 radical (unpaired) electrons. The molecule has 1 fully saturated rings. The van der Waals surface area contributed by atoms with Crippen LogP contribution >= 0.6 is 0 Å². The largest absolute Gasteiger partial charge is 0.392 e. The van der Waals surface area contributed by atoms with Crippen molar-refractivity contribution in [3.05, 3.63) is 52.2 Å². The maximum atomic E-state index is 13.2. The lowest BCUT2D eigenvalue weighted by Gasteiger charge is -2.37. The number of amides is 1. The summed E-state index contributed by atoms with van der Waals surface area (Å²) < 4.78 is 0. The zero-order chi connectivity index (χ0) is 21.0. The summed E-state index contributed by atoms with van der Waals surface area (Å²) in [6.07, 6.45) is 16.4. The van der Waals surface area contributed by atoms with Gasteiger partial charge in [0, 0.05) is 37.8 Å². The van der Waals surface area contributed by atoms with Crippen LogP contribution in [-0.2, 0) is 6.54 Å². The van der Waals surface area contributed by atoms with Crippen molar-refractivity contribution < 1.29 is 4.79 Å². The SMILES string of the molecule is C#CC/C=C(\C=C(/C)NC)c1cc(C)c2c(c1)CN(N(C)C1CCCCC1)C2=O. The van der Waals surface area contributed by atoms with E-state index >= 15 is 0 Å². The van der Waals surface area contributed by atoms with Crippen LogP contribution in [-0.4, -0.2) is 36.1 Å². The Morgan fingerprint density at radius 3 is 2.72 bits per heavy atom. The number of terminal acetylenes is 1. The molecule has 0 aromatic heterocycles. The van der Waals surface area contributed by atoms with Crippen LogP contribution in [0.2, 0.25) is 0 Å². The first-order valence-corrected chi connectivity index (χ1v) is 10.6. The standard InChI is InChI=1S/C25H33N3O/c1-6-7-11-20(15-19(3)26-4)21-14-18(2)24-22(16-21)17-28(25(24)29)27(5)23-12-9-8-10-13-23/h1,11,14-16,23,26H,7-10,12-13,17H2,2-5H3/b19-15+,20-11+. The zero-order valence-corrected chi connectivity index (χ0v) is 18.2. The molecular formula is C25H33N3O. The molecule has 1 saturated carbocycles. The Balaban J connectivity index is 1.92. The summed E-state index contributed by atoms with van der Waals surface area (Å²) in [6, 6.07) is 4.74. The van der Waals surface area contributed by atoms with Gasteiger partial charge in [-0.1, -0.05) is 31.4 Å². The minimum atomic E-state index is 0.133. The maximum Gasteiger partial charge on any atom is 0.269 e. The van der Waals surface area contributed by atoms with Gasteiger partial charge in [0.2, 0.25) is 0 Å². The second kappa shape index (κ2) is 9.33. The van der Waals surface area contributed by atoms with E-state index < -0.39 is 0 Å². The fourth-order valence-electron chi connectivity index (χ4n) is 4.46. The van der Waals surface area contributed by atoms with Crippen LogP contribution in [0.1, 0.15) is 72.5 Å². The topological polar surface area (TPSA) is 35.6 Å². The number of carbonyl (C=O) groups is 1. The number of aryl methyl sites for hydroxylation is 1. The average Bonchev–Trinajstić information content (AvgIpc) is 3.07. The van der Waals surface area contributed by atoms with Gasteiger partial charge in [0.05, 0.1) is 6.54 Å². The van der Waals surface area contributed by atoms with Gasteiger partial charge in [-0.2, -0.15) is 0 Å². The Hall–Kier alpha value is -2.51. The summed E-state index contributed by atoms with van der Waals surface area (Å²) in [7, 11) is 3.99. The third-order valence-electron chi connectivity index (χ3n) is 6.21. The lowest BCUT2D eigenvalue weighted by molar-refractivity contribution is -0.0282. The lowest BCUT2D eigenvalue weighted by Crippen LogP contribution is -2.47. The molecule has 0 unspecified atom stereocenters. The number of hydrogen-bond donors (Lipinski definition) is 1. The van der Waals surface area contributed by atoms with Crippen molar-refractivity contribution in [1.82, 2.24) is 15.3 Å². The molecule has 1 N–H and O–H groups in total. The molecular weight excluding hydrogens is 358 g/mol. The number of fused-ring (bicyclic) bond motifs is 1. The van der Waals surface area contributed by atoms with E-state index in [9.17, 15) is 4.79 Å². The molecule has 0 saturated heterocycles. The molecule has 2 aliphatic rings. The normalized spacial score (nSPS) is 18.2. The highest BCUT2D eigenvalue weighted by Gasteiger charge is 2.35. The number of carbonyl (C=O) groups excluding carboxylic acids is 1. The van der Waals surface area contributed by atoms with E-state index in [1.54, 1.807) is 0 Å². The average molecular weight is 392 g/mol. The molecule has 1 aromatic rings. The quantitative estimate of drug-likeness (QED) is 0.566. The molecule has 0 bridgehead atoms. The number of benzene rings is 1. The van der Waals surface area contributed by atoms with Crippen molar-refractivity contribution >= 4 is 11.5 Å². The number of rotatable bonds is 6. The molecule has 1 heterocycles. The van der Waals surface area contributed by atoms with Gasteiger partial charge in [0.1, 0.15) is 0 Å². The van der Waals surface area contributed by atoms with Crippen molar-refractivity contribution in [2.45, 2.75) is 65.0 Å². The second-order valence-electron chi connectivity index (χ2n) is 8.20. The van der Waals surface area contributed by atoms with Gasteiger partial charge in [0.25, 0.3) is 5.91 Å². The second-order valence-corrected chi connectivity index (χ2v) is 8.20. The van der Waals surface area contributed by atoms with Gasteiger partial charge < -0.3 is 5.32 Å².